The molecule has 120 valence electrons. The first kappa shape index (κ1) is 19.0. The topological polar surface area (TPSA) is 55.1 Å². The predicted molar refractivity (Wildman–Crippen MR) is 95.9 cm³/mol. The first-order valence-corrected chi connectivity index (χ1v) is 8.16. The zero-order valence-electron chi connectivity index (χ0n) is 12.3. The van der Waals surface area contributed by atoms with E-state index in [4.69, 9.17) is 17.3 Å². The number of thiophene rings is 1. The lowest BCUT2D eigenvalue weighted by Gasteiger charge is -2.18. The molecule has 3 N–H and O–H groups in total. The molecule has 0 radical (unpaired) electrons. The summed E-state index contributed by atoms with van der Waals surface area (Å²) in [6, 6.07) is 11.5. The molecule has 22 heavy (non-hydrogen) atoms. The lowest BCUT2D eigenvalue weighted by atomic mass is 10.0. The summed E-state index contributed by atoms with van der Waals surface area (Å²) in [5.74, 6) is 0.0145. The summed E-state index contributed by atoms with van der Waals surface area (Å²) in [7, 11) is 0. The molecule has 0 aliphatic heterocycles. The van der Waals surface area contributed by atoms with E-state index in [1.165, 1.54) is 0 Å². The highest BCUT2D eigenvalue weighted by atomic mass is 35.5. The number of hydrogen-bond donors (Lipinski definition) is 2. The highest BCUT2D eigenvalue weighted by molar-refractivity contribution is 7.10. The van der Waals surface area contributed by atoms with Crippen molar-refractivity contribution in [1.29, 1.82) is 0 Å². The van der Waals surface area contributed by atoms with Crippen molar-refractivity contribution in [3.05, 3.63) is 57.2 Å². The van der Waals surface area contributed by atoms with Crippen molar-refractivity contribution < 1.29 is 4.79 Å². The number of nitrogens with two attached hydrogens (primary N) is 1. The van der Waals surface area contributed by atoms with Gasteiger partial charge in [0.1, 0.15) is 0 Å². The van der Waals surface area contributed by atoms with E-state index in [1.54, 1.807) is 11.3 Å². The van der Waals surface area contributed by atoms with Crippen LogP contribution in [0.3, 0.4) is 0 Å². The van der Waals surface area contributed by atoms with Crippen molar-refractivity contribution in [2.24, 2.45) is 5.73 Å². The molecule has 0 aliphatic rings. The number of hydrogen-bond acceptors (Lipinski definition) is 3. The van der Waals surface area contributed by atoms with Gasteiger partial charge in [0.05, 0.1) is 6.04 Å². The van der Waals surface area contributed by atoms with Gasteiger partial charge in [-0.2, -0.15) is 0 Å². The van der Waals surface area contributed by atoms with Crippen LogP contribution in [0.5, 0.6) is 0 Å². The highest BCUT2D eigenvalue weighted by Gasteiger charge is 2.17. The Balaban J connectivity index is 0.00000242. The van der Waals surface area contributed by atoms with Crippen LogP contribution in [0.1, 0.15) is 36.2 Å². The molecule has 3 nitrogen and oxygen atoms in total. The Morgan fingerprint density at radius 3 is 2.55 bits per heavy atom. The molecular formula is C16H20Cl2N2OS. The van der Waals surface area contributed by atoms with Gasteiger partial charge in [-0.3, -0.25) is 4.79 Å². The van der Waals surface area contributed by atoms with Gasteiger partial charge in [0, 0.05) is 22.4 Å². The monoisotopic (exact) mass is 358 g/mol. The molecule has 2 atom stereocenters. The SMILES string of the molecule is CC(N)CCC(=O)NC(c1ccc(Cl)cc1)c1cccs1.Cl. The van der Waals surface area contributed by atoms with Crippen LogP contribution in [0.4, 0.5) is 0 Å². The summed E-state index contributed by atoms with van der Waals surface area (Å²) in [4.78, 5) is 13.2. The number of halogens is 2. The Morgan fingerprint density at radius 1 is 1.32 bits per heavy atom. The third-order valence-electron chi connectivity index (χ3n) is 3.16. The summed E-state index contributed by atoms with van der Waals surface area (Å²) in [6.07, 6.45) is 1.12. The zero-order chi connectivity index (χ0) is 15.2. The van der Waals surface area contributed by atoms with Crippen LogP contribution >= 0.6 is 35.3 Å². The van der Waals surface area contributed by atoms with Crippen molar-refractivity contribution in [3.63, 3.8) is 0 Å². The lowest BCUT2D eigenvalue weighted by molar-refractivity contribution is -0.121. The van der Waals surface area contributed by atoms with Crippen molar-refractivity contribution in [2.75, 3.05) is 0 Å². The number of amides is 1. The molecule has 0 saturated carbocycles. The largest absolute Gasteiger partial charge is 0.344 e. The minimum atomic E-state index is -0.136. The van der Waals surface area contributed by atoms with Gasteiger partial charge in [0.25, 0.3) is 0 Å². The van der Waals surface area contributed by atoms with E-state index in [-0.39, 0.29) is 30.4 Å². The van der Waals surface area contributed by atoms with E-state index in [0.717, 1.165) is 10.4 Å². The maximum absolute atomic E-state index is 12.1. The number of benzene rings is 1. The van der Waals surface area contributed by atoms with Crippen LogP contribution in [0, 0.1) is 0 Å². The molecule has 0 spiro atoms. The van der Waals surface area contributed by atoms with Gasteiger partial charge >= 0.3 is 0 Å². The fourth-order valence-corrected chi connectivity index (χ4v) is 2.95. The predicted octanol–water partition coefficient (Wildman–Crippen LogP) is 4.16. The molecule has 0 bridgehead atoms. The minimum Gasteiger partial charge on any atom is -0.344 e. The Labute approximate surface area is 146 Å². The average molecular weight is 359 g/mol. The average Bonchev–Trinajstić information content (AvgIpc) is 2.97. The molecule has 1 heterocycles. The maximum atomic E-state index is 12.1. The summed E-state index contributed by atoms with van der Waals surface area (Å²) >= 11 is 7.56. The number of nitrogens with one attached hydrogen (secondary N) is 1. The third kappa shape index (κ3) is 5.61. The van der Waals surface area contributed by atoms with E-state index >= 15 is 0 Å². The Hall–Kier alpha value is -1.07. The molecule has 1 amide bonds. The van der Waals surface area contributed by atoms with Gasteiger partial charge in [-0.05, 0) is 42.5 Å². The molecule has 0 saturated heterocycles. The second kappa shape index (κ2) is 9.16. The molecule has 2 unspecified atom stereocenters. The Kier molecular flexibility index (Phi) is 7.90. The fourth-order valence-electron chi connectivity index (χ4n) is 2.02. The second-order valence-corrected chi connectivity index (χ2v) is 6.50. The molecular weight excluding hydrogens is 339 g/mol. The number of rotatable bonds is 6. The van der Waals surface area contributed by atoms with Gasteiger partial charge in [0.15, 0.2) is 0 Å². The molecule has 2 aromatic rings. The van der Waals surface area contributed by atoms with Gasteiger partial charge in [0.2, 0.25) is 5.91 Å². The van der Waals surface area contributed by atoms with Crippen molar-refractivity contribution in [3.8, 4) is 0 Å². The Bertz CT molecular complexity index is 570. The zero-order valence-corrected chi connectivity index (χ0v) is 14.7. The van der Waals surface area contributed by atoms with E-state index in [0.29, 0.717) is 17.9 Å². The van der Waals surface area contributed by atoms with Crippen LogP contribution in [-0.4, -0.2) is 11.9 Å². The van der Waals surface area contributed by atoms with Crippen LogP contribution in [-0.2, 0) is 4.79 Å². The molecule has 0 aliphatic carbocycles. The van der Waals surface area contributed by atoms with E-state index in [9.17, 15) is 4.79 Å². The van der Waals surface area contributed by atoms with Crippen LogP contribution < -0.4 is 11.1 Å². The van der Waals surface area contributed by atoms with Gasteiger partial charge in [-0.15, -0.1) is 23.7 Å². The lowest BCUT2D eigenvalue weighted by Crippen LogP contribution is -2.30. The third-order valence-corrected chi connectivity index (χ3v) is 4.35. The Morgan fingerprint density at radius 2 is 2.00 bits per heavy atom. The first-order valence-electron chi connectivity index (χ1n) is 6.90. The van der Waals surface area contributed by atoms with Crippen LogP contribution in [0.15, 0.2) is 41.8 Å². The van der Waals surface area contributed by atoms with Gasteiger partial charge < -0.3 is 11.1 Å². The quantitative estimate of drug-likeness (QED) is 0.814. The normalized spacial score (nSPS) is 13.0. The number of carbonyl (C=O) groups is 1. The molecule has 2 rings (SSSR count). The van der Waals surface area contributed by atoms with Crippen molar-refractivity contribution in [1.82, 2.24) is 5.32 Å². The standard InChI is InChI=1S/C16H19ClN2OS.ClH/c1-11(18)4-9-15(20)19-16(14-3-2-10-21-14)12-5-7-13(17)8-6-12;/h2-3,5-8,10-11,16H,4,9,18H2,1H3,(H,19,20);1H. The van der Waals surface area contributed by atoms with Gasteiger partial charge in [-0.25, -0.2) is 0 Å². The first-order chi connectivity index (χ1) is 10.1. The van der Waals surface area contributed by atoms with Crippen molar-refractivity contribution >= 4 is 41.3 Å². The smallest absolute Gasteiger partial charge is 0.220 e. The van der Waals surface area contributed by atoms with E-state index < -0.39 is 0 Å². The summed E-state index contributed by atoms with van der Waals surface area (Å²) in [6.45, 7) is 1.91. The number of carbonyl (C=O) groups excluding carboxylic acids is 1. The van der Waals surface area contributed by atoms with Crippen LogP contribution in [0.2, 0.25) is 5.02 Å². The highest BCUT2D eigenvalue weighted by Crippen LogP contribution is 2.27. The minimum absolute atomic E-state index is 0. The second-order valence-electron chi connectivity index (χ2n) is 5.08. The molecule has 1 aromatic carbocycles. The summed E-state index contributed by atoms with van der Waals surface area (Å²) in [5, 5.41) is 5.78. The van der Waals surface area contributed by atoms with Crippen LogP contribution in [0.25, 0.3) is 0 Å². The maximum Gasteiger partial charge on any atom is 0.220 e. The molecule has 6 heteroatoms. The van der Waals surface area contributed by atoms with Gasteiger partial charge in [-0.1, -0.05) is 29.8 Å². The summed E-state index contributed by atoms with van der Waals surface area (Å²) < 4.78 is 0. The van der Waals surface area contributed by atoms with Crippen molar-refractivity contribution in [2.45, 2.75) is 31.8 Å². The van der Waals surface area contributed by atoms with E-state index in [2.05, 4.69) is 5.32 Å². The molecule has 0 fully saturated rings. The fraction of sp³-hybridized carbons (Fsp3) is 0.312. The van der Waals surface area contributed by atoms with E-state index in [1.807, 2.05) is 48.7 Å². The molecule has 1 aromatic heterocycles. The summed E-state index contributed by atoms with van der Waals surface area (Å²) in [5.41, 5.74) is 6.73.